The molecule has 0 aromatic carbocycles. The Hall–Kier alpha value is -0.0800. The molecule has 0 heterocycles. The van der Waals surface area contributed by atoms with Crippen molar-refractivity contribution in [2.75, 3.05) is 13.9 Å². The van der Waals surface area contributed by atoms with Gasteiger partial charge in [-0.1, -0.05) is 40.5 Å². The average Bonchev–Trinajstić information content (AvgIpc) is 2.98. The van der Waals surface area contributed by atoms with Crippen molar-refractivity contribution in [1.82, 2.24) is 0 Å². The number of methoxy groups -OCH3 is 1. The molecule has 0 radical (unpaired) electrons. The van der Waals surface area contributed by atoms with Crippen LogP contribution in [0.25, 0.3) is 0 Å². The molecule has 0 aromatic heterocycles. The molecule has 0 N–H and O–H groups in total. The van der Waals surface area contributed by atoms with Crippen LogP contribution >= 0.6 is 0 Å². The molecule has 2 heteroatoms. The zero-order valence-corrected chi connectivity index (χ0v) is 18.6. The summed E-state index contributed by atoms with van der Waals surface area (Å²) in [6.07, 6.45) is 14.8. The van der Waals surface area contributed by atoms with Crippen molar-refractivity contribution >= 4 is 0 Å². The molecule has 0 aromatic rings. The zero-order chi connectivity index (χ0) is 19.2. The van der Waals surface area contributed by atoms with Gasteiger partial charge in [0.1, 0.15) is 6.79 Å². The van der Waals surface area contributed by atoms with E-state index in [1.165, 1.54) is 64.2 Å². The monoisotopic (exact) mass is 376 g/mol. The summed E-state index contributed by atoms with van der Waals surface area (Å²) in [6.45, 7) is 10.8. The Morgan fingerprint density at radius 1 is 0.963 bits per heavy atom. The summed E-state index contributed by atoms with van der Waals surface area (Å²) in [7, 11) is 1.74. The first-order chi connectivity index (χ1) is 12.9. The Kier molecular flexibility index (Phi) is 5.71. The lowest BCUT2D eigenvalue weighted by Crippen LogP contribution is -2.57. The summed E-state index contributed by atoms with van der Waals surface area (Å²) in [5.41, 5.74) is 1.20. The molecule has 1 unspecified atom stereocenters. The highest BCUT2D eigenvalue weighted by Gasteiger charge is 2.61. The predicted octanol–water partition coefficient (Wildman–Crippen LogP) is 6.68. The second kappa shape index (κ2) is 7.63. The summed E-state index contributed by atoms with van der Waals surface area (Å²) in [5.74, 6) is 5.64. The van der Waals surface area contributed by atoms with Crippen LogP contribution in [0.3, 0.4) is 0 Å². The SMILES string of the molecule is CCC[C@@H]1CC[C@H]2[C@@H]3CC[C@H]4CC(OCOC)C[C@H](C)[C@]4(C)[C@H]3CC[C@]12C. The molecule has 0 bridgehead atoms. The molecule has 0 aliphatic heterocycles. The lowest BCUT2D eigenvalue weighted by molar-refractivity contribution is -0.174. The summed E-state index contributed by atoms with van der Waals surface area (Å²) in [6, 6.07) is 0. The Balaban J connectivity index is 1.53. The van der Waals surface area contributed by atoms with E-state index in [1.807, 2.05) is 0 Å². The summed E-state index contributed by atoms with van der Waals surface area (Å²) in [4.78, 5) is 0. The van der Waals surface area contributed by atoms with Crippen molar-refractivity contribution < 1.29 is 9.47 Å². The van der Waals surface area contributed by atoms with Crippen molar-refractivity contribution in [3.05, 3.63) is 0 Å². The lowest BCUT2D eigenvalue weighted by atomic mass is 9.42. The van der Waals surface area contributed by atoms with Gasteiger partial charge in [-0.25, -0.2) is 0 Å². The molecule has 0 saturated heterocycles. The van der Waals surface area contributed by atoms with Gasteiger partial charge < -0.3 is 9.47 Å². The van der Waals surface area contributed by atoms with E-state index in [-0.39, 0.29) is 0 Å². The molecule has 4 saturated carbocycles. The molecule has 4 aliphatic rings. The van der Waals surface area contributed by atoms with Crippen molar-refractivity contribution in [2.45, 2.75) is 98.0 Å². The van der Waals surface area contributed by atoms with Crippen LogP contribution in [0.4, 0.5) is 0 Å². The van der Waals surface area contributed by atoms with E-state index >= 15 is 0 Å². The van der Waals surface area contributed by atoms with Crippen LogP contribution in [-0.2, 0) is 9.47 Å². The Morgan fingerprint density at radius 3 is 2.52 bits per heavy atom. The standard InChI is InChI=1S/C25H44O2/c1-6-7-18-9-11-22-21-10-8-19-15-20(27-16-26-5)14-17(2)25(19,4)23(21)12-13-24(18,22)3/h17-23H,6-16H2,1-5H3/t17-,18+,19-,20?,21-,22-,23-,24+,25-/m0/s1. The highest BCUT2D eigenvalue weighted by atomic mass is 16.7. The van der Waals surface area contributed by atoms with Crippen molar-refractivity contribution in [3.63, 3.8) is 0 Å². The molecule has 2 nitrogen and oxygen atoms in total. The Morgan fingerprint density at radius 2 is 1.78 bits per heavy atom. The van der Waals surface area contributed by atoms with Gasteiger partial charge in [-0.3, -0.25) is 0 Å². The van der Waals surface area contributed by atoms with Crippen molar-refractivity contribution in [2.24, 2.45) is 46.3 Å². The normalized spacial score (nSPS) is 52.1. The number of hydrogen-bond donors (Lipinski definition) is 0. The van der Waals surface area contributed by atoms with Gasteiger partial charge >= 0.3 is 0 Å². The second-order valence-electron chi connectivity index (χ2n) is 11.2. The molecular formula is C25H44O2. The second-order valence-corrected chi connectivity index (χ2v) is 11.2. The molecule has 9 atom stereocenters. The van der Waals surface area contributed by atoms with Crippen molar-refractivity contribution in [1.29, 1.82) is 0 Å². The smallest absolute Gasteiger partial charge is 0.146 e. The first-order valence-corrected chi connectivity index (χ1v) is 12.1. The fourth-order valence-corrected chi connectivity index (χ4v) is 8.90. The highest BCUT2D eigenvalue weighted by molar-refractivity contribution is 5.10. The number of fused-ring (bicyclic) bond motifs is 5. The summed E-state index contributed by atoms with van der Waals surface area (Å²) >= 11 is 0. The largest absolute Gasteiger partial charge is 0.359 e. The van der Waals surface area contributed by atoms with Crippen LogP contribution in [0, 0.1) is 46.3 Å². The van der Waals surface area contributed by atoms with Gasteiger partial charge in [0.15, 0.2) is 0 Å². The average molecular weight is 377 g/mol. The maximum atomic E-state index is 6.04. The van der Waals surface area contributed by atoms with Crippen LogP contribution in [0.2, 0.25) is 0 Å². The third-order valence-electron chi connectivity index (χ3n) is 10.4. The fraction of sp³-hybridized carbons (Fsp3) is 1.00. The van der Waals surface area contributed by atoms with Crippen LogP contribution in [0.15, 0.2) is 0 Å². The van der Waals surface area contributed by atoms with Crippen LogP contribution < -0.4 is 0 Å². The van der Waals surface area contributed by atoms with Crippen LogP contribution in [0.5, 0.6) is 0 Å². The minimum absolute atomic E-state index is 0.420. The van der Waals surface area contributed by atoms with E-state index in [0.29, 0.717) is 23.7 Å². The maximum Gasteiger partial charge on any atom is 0.146 e. The number of rotatable bonds is 5. The number of ether oxygens (including phenoxy) is 2. The van der Waals surface area contributed by atoms with E-state index in [4.69, 9.17) is 9.47 Å². The molecule has 27 heavy (non-hydrogen) atoms. The number of hydrogen-bond acceptors (Lipinski definition) is 2. The molecule has 0 spiro atoms. The van der Waals surface area contributed by atoms with E-state index in [1.54, 1.807) is 7.11 Å². The van der Waals surface area contributed by atoms with Crippen LogP contribution in [0.1, 0.15) is 91.9 Å². The molecule has 0 amide bonds. The fourth-order valence-electron chi connectivity index (χ4n) is 8.90. The highest BCUT2D eigenvalue weighted by Crippen LogP contribution is 2.68. The Labute approximate surface area is 168 Å². The molecule has 156 valence electrons. The molecule has 4 rings (SSSR count). The van der Waals surface area contributed by atoms with Gasteiger partial charge in [0, 0.05) is 7.11 Å². The summed E-state index contributed by atoms with van der Waals surface area (Å²) < 4.78 is 11.2. The van der Waals surface area contributed by atoms with Gasteiger partial charge in [0.2, 0.25) is 0 Å². The first-order valence-electron chi connectivity index (χ1n) is 12.1. The predicted molar refractivity (Wildman–Crippen MR) is 111 cm³/mol. The maximum absolute atomic E-state index is 6.04. The van der Waals surface area contributed by atoms with E-state index < -0.39 is 0 Å². The first kappa shape index (κ1) is 20.2. The van der Waals surface area contributed by atoms with E-state index in [2.05, 4.69) is 27.7 Å². The molecule has 4 aliphatic carbocycles. The van der Waals surface area contributed by atoms with Crippen LogP contribution in [-0.4, -0.2) is 20.0 Å². The minimum atomic E-state index is 0.420. The quantitative estimate of drug-likeness (QED) is 0.498. The zero-order valence-electron chi connectivity index (χ0n) is 18.6. The topological polar surface area (TPSA) is 18.5 Å². The third-order valence-corrected chi connectivity index (χ3v) is 10.4. The van der Waals surface area contributed by atoms with E-state index in [0.717, 1.165) is 35.5 Å². The van der Waals surface area contributed by atoms with E-state index in [9.17, 15) is 0 Å². The Bertz CT molecular complexity index is 518. The van der Waals surface area contributed by atoms with Gasteiger partial charge in [0.25, 0.3) is 0 Å². The van der Waals surface area contributed by atoms with Crippen molar-refractivity contribution in [3.8, 4) is 0 Å². The summed E-state index contributed by atoms with van der Waals surface area (Å²) in [5, 5.41) is 0. The third kappa shape index (κ3) is 3.12. The van der Waals surface area contributed by atoms with Gasteiger partial charge in [-0.2, -0.15) is 0 Å². The molecular weight excluding hydrogens is 332 g/mol. The molecule has 4 fully saturated rings. The van der Waals surface area contributed by atoms with Gasteiger partial charge in [-0.15, -0.1) is 0 Å². The lowest BCUT2D eigenvalue weighted by Gasteiger charge is -2.63. The van der Waals surface area contributed by atoms with Gasteiger partial charge in [-0.05, 0) is 97.7 Å². The van der Waals surface area contributed by atoms with Gasteiger partial charge in [0.05, 0.1) is 6.10 Å². The minimum Gasteiger partial charge on any atom is -0.359 e.